The number of aromatic hydroxyl groups is 1. The van der Waals surface area contributed by atoms with E-state index in [1.807, 2.05) is 42.6 Å². The second kappa shape index (κ2) is 9.40. The zero-order valence-corrected chi connectivity index (χ0v) is 18.0. The number of hydrogen-bond donors (Lipinski definition) is 2. The van der Waals surface area contributed by atoms with Crippen LogP contribution in [0, 0.1) is 0 Å². The Labute approximate surface area is 188 Å². The van der Waals surface area contributed by atoms with Crippen LogP contribution in [-0.2, 0) is 11.3 Å². The largest absolute Gasteiger partial charge is 0.493 e. The summed E-state index contributed by atoms with van der Waals surface area (Å²) >= 11 is 1.42. The fourth-order valence-electron chi connectivity index (χ4n) is 3.29. The Kier molecular flexibility index (Phi) is 6.23. The molecule has 2 aromatic carbocycles. The summed E-state index contributed by atoms with van der Waals surface area (Å²) in [6.07, 6.45) is 1.56. The lowest BCUT2D eigenvalue weighted by Crippen LogP contribution is -2.26. The van der Waals surface area contributed by atoms with Crippen LogP contribution in [0.2, 0.25) is 0 Å². The van der Waals surface area contributed by atoms with Crippen molar-refractivity contribution in [3.05, 3.63) is 88.2 Å². The minimum absolute atomic E-state index is 0.0104. The molecule has 8 heteroatoms. The number of hydrogen-bond acceptors (Lipinski definition) is 5. The molecular weight excluding hydrogens is 424 g/mol. The number of nitrogens with zero attached hydrogens (tertiary/aromatic N) is 3. The lowest BCUT2D eigenvalue weighted by atomic mass is 10.2. The first-order valence-corrected chi connectivity index (χ1v) is 10.8. The number of aryl methyl sites for hydroxylation is 1. The first kappa shape index (κ1) is 21.2. The van der Waals surface area contributed by atoms with Crippen molar-refractivity contribution in [2.24, 2.45) is 10.2 Å². The molecule has 2 aromatic heterocycles. The molecule has 0 fully saturated rings. The lowest BCUT2D eigenvalue weighted by molar-refractivity contribution is -0.115. The van der Waals surface area contributed by atoms with Gasteiger partial charge in [0.1, 0.15) is 5.70 Å². The number of benzene rings is 2. The van der Waals surface area contributed by atoms with Crippen molar-refractivity contribution in [1.29, 1.82) is 0 Å². The topological polar surface area (TPSA) is 96.0 Å². The Hall–Kier alpha value is -4.04. The third-order valence-electron chi connectivity index (χ3n) is 4.82. The standard InChI is InChI=1S/C24H20N4O3S/c1-2-28-20-13-7-6-12-18(20)21(24(28)31)26-27-23(30)19(15-17-11-8-14-32-17)25-22(29)16-9-4-3-5-10-16/h3-15,31H,2H2,1H3,(H,25,29)/b19-15+,27-26?. The molecule has 160 valence electrons. The Balaban J connectivity index is 1.66. The van der Waals surface area contributed by atoms with Crippen molar-refractivity contribution in [3.63, 3.8) is 0 Å². The van der Waals surface area contributed by atoms with Gasteiger partial charge in [0.15, 0.2) is 5.69 Å². The number of carbonyl (C=O) groups excluding carboxylic acids is 2. The fourth-order valence-corrected chi connectivity index (χ4v) is 3.95. The molecule has 0 spiro atoms. The molecule has 0 saturated carbocycles. The summed E-state index contributed by atoms with van der Waals surface area (Å²) in [7, 11) is 0. The van der Waals surface area contributed by atoms with Gasteiger partial charge < -0.3 is 15.0 Å². The molecule has 4 rings (SSSR count). The molecule has 0 unspecified atom stereocenters. The monoisotopic (exact) mass is 444 g/mol. The molecule has 0 bridgehead atoms. The van der Waals surface area contributed by atoms with E-state index in [1.54, 1.807) is 47.0 Å². The van der Waals surface area contributed by atoms with Crippen molar-refractivity contribution in [2.45, 2.75) is 13.5 Å². The van der Waals surface area contributed by atoms with Crippen LogP contribution in [0.3, 0.4) is 0 Å². The minimum atomic E-state index is -0.726. The third kappa shape index (κ3) is 4.35. The molecule has 0 aliphatic carbocycles. The van der Waals surface area contributed by atoms with E-state index in [4.69, 9.17) is 0 Å². The zero-order chi connectivity index (χ0) is 22.5. The van der Waals surface area contributed by atoms with Gasteiger partial charge in [0, 0.05) is 22.4 Å². The number of amides is 2. The number of para-hydroxylation sites is 1. The molecule has 2 heterocycles. The predicted molar refractivity (Wildman–Crippen MR) is 125 cm³/mol. The van der Waals surface area contributed by atoms with Crippen molar-refractivity contribution >= 4 is 45.8 Å². The molecule has 0 saturated heterocycles. The Morgan fingerprint density at radius 2 is 1.81 bits per heavy atom. The predicted octanol–water partition coefficient (Wildman–Crippen LogP) is 5.51. The average Bonchev–Trinajstić information content (AvgIpc) is 3.42. The zero-order valence-electron chi connectivity index (χ0n) is 17.2. The van der Waals surface area contributed by atoms with Gasteiger partial charge in [-0.15, -0.1) is 21.6 Å². The van der Waals surface area contributed by atoms with Crippen molar-refractivity contribution < 1.29 is 14.7 Å². The smallest absolute Gasteiger partial charge is 0.311 e. The molecule has 0 radical (unpaired) electrons. The molecule has 0 aliphatic rings. The summed E-state index contributed by atoms with van der Waals surface area (Å²) < 4.78 is 1.69. The van der Waals surface area contributed by atoms with E-state index in [9.17, 15) is 14.7 Å². The maximum atomic E-state index is 12.9. The van der Waals surface area contributed by atoms with Crippen molar-refractivity contribution in [1.82, 2.24) is 9.88 Å². The van der Waals surface area contributed by atoms with Crippen molar-refractivity contribution in [2.75, 3.05) is 0 Å². The Bertz CT molecular complexity index is 1320. The van der Waals surface area contributed by atoms with Crippen LogP contribution in [0.25, 0.3) is 17.0 Å². The summed E-state index contributed by atoms with van der Waals surface area (Å²) in [6.45, 7) is 2.44. The maximum absolute atomic E-state index is 12.9. The van der Waals surface area contributed by atoms with Crippen LogP contribution in [0.5, 0.6) is 5.88 Å². The highest BCUT2D eigenvalue weighted by Crippen LogP contribution is 2.38. The van der Waals surface area contributed by atoms with Crippen LogP contribution in [0.15, 0.2) is 88.0 Å². The number of thiophene rings is 1. The highest BCUT2D eigenvalue weighted by Gasteiger charge is 2.18. The number of rotatable bonds is 6. The highest BCUT2D eigenvalue weighted by atomic mass is 32.1. The molecule has 0 aliphatic heterocycles. The summed E-state index contributed by atoms with van der Waals surface area (Å²) in [6, 6.07) is 19.6. The van der Waals surface area contributed by atoms with Gasteiger partial charge >= 0.3 is 5.91 Å². The first-order valence-electron chi connectivity index (χ1n) is 9.96. The second-order valence-corrected chi connectivity index (χ2v) is 7.81. The van der Waals surface area contributed by atoms with E-state index in [1.165, 1.54) is 11.3 Å². The normalized spacial score (nSPS) is 11.8. The van der Waals surface area contributed by atoms with E-state index in [0.29, 0.717) is 17.5 Å². The van der Waals surface area contributed by atoms with Gasteiger partial charge in [-0.2, -0.15) is 0 Å². The quantitative estimate of drug-likeness (QED) is 0.303. The molecule has 0 atom stereocenters. The highest BCUT2D eigenvalue weighted by molar-refractivity contribution is 7.10. The molecule has 4 aromatic rings. The second-order valence-electron chi connectivity index (χ2n) is 6.83. The van der Waals surface area contributed by atoms with E-state index in [-0.39, 0.29) is 17.3 Å². The number of azo groups is 1. The van der Waals surface area contributed by atoms with Gasteiger partial charge in [-0.3, -0.25) is 9.59 Å². The summed E-state index contributed by atoms with van der Waals surface area (Å²) in [5.41, 5.74) is 1.41. The summed E-state index contributed by atoms with van der Waals surface area (Å²) in [5, 5.41) is 23.6. The molecule has 2 N–H and O–H groups in total. The lowest BCUT2D eigenvalue weighted by Gasteiger charge is -2.06. The van der Waals surface area contributed by atoms with Crippen LogP contribution >= 0.6 is 11.3 Å². The van der Waals surface area contributed by atoms with Crippen LogP contribution in [0.1, 0.15) is 22.2 Å². The maximum Gasteiger partial charge on any atom is 0.311 e. The van der Waals surface area contributed by atoms with E-state index in [2.05, 4.69) is 15.5 Å². The van der Waals surface area contributed by atoms with Crippen molar-refractivity contribution in [3.8, 4) is 5.88 Å². The number of aromatic nitrogens is 1. The third-order valence-corrected chi connectivity index (χ3v) is 5.64. The number of fused-ring (bicyclic) bond motifs is 1. The van der Waals surface area contributed by atoms with Gasteiger partial charge in [0.05, 0.1) is 5.52 Å². The minimum Gasteiger partial charge on any atom is -0.493 e. The van der Waals surface area contributed by atoms with Gasteiger partial charge in [0.25, 0.3) is 5.91 Å². The number of carbonyl (C=O) groups is 2. The van der Waals surface area contributed by atoms with Crippen LogP contribution < -0.4 is 5.32 Å². The van der Waals surface area contributed by atoms with Gasteiger partial charge in [0.2, 0.25) is 5.88 Å². The molecular formula is C24H20N4O3S. The molecule has 7 nitrogen and oxygen atoms in total. The van der Waals surface area contributed by atoms with E-state index >= 15 is 0 Å². The van der Waals surface area contributed by atoms with Gasteiger partial charge in [-0.1, -0.05) is 42.5 Å². The SMILES string of the molecule is CCn1c(O)c(N=NC(=O)/C(=C\c2cccs2)NC(=O)c2ccccc2)c2ccccc21. The van der Waals surface area contributed by atoms with E-state index < -0.39 is 11.8 Å². The Morgan fingerprint density at radius 3 is 2.53 bits per heavy atom. The Morgan fingerprint density at radius 1 is 1.06 bits per heavy atom. The van der Waals surface area contributed by atoms with Gasteiger partial charge in [-0.25, -0.2) is 0 Å². The van der Waals surface area contributed by atoms with Crippen LogP contribution in [0.4, 0.5) is 5.69 Å². The molecule has 32 heavy (non-hydrogen) atoms. The number of nitrogens with one attached hydrogen (secondary N) is 1. The first-order chi connectivity index (χ1) is 15.6. The van der Waals surface area contributed by atoms with Gasteiger partial charge in [-0.05, 0) is 42.6 Å². The van der Waals surface area contributed by atoms with E-state index in [0.717, 1.165) is 10.4 Å². The molecule has 2 amide bonds. The summed E-state index contributed by atoms with van der Waals surface area (Å²) in [5.74, 6) is -1.22. The summed E-state index contributed by atoms with van der Waals surface area (Å²) in [4.78, 5) is 26.3. The average molecular weight is 445 g/mol. The van der Waals surface area contributed by atoms with Crippen LogP contribution in [-0.4, -0.2) is 21.5 Å². The fraction of sp³-hybridized carbons (Fsp3) is 0.0833.